The fraction of sp³-hybridized carbons (Fsp3) is 0.286. The van der Waals surface area contributed by atoms with Gasteiger partial charge in [0, 0.05) is 18.5 Å². The van der Waals surface area contributed by atoms with E-state index < -0.39 is 5.97 Å². The number of hydrogen-bond acceptors (Lipinski definition) is 2. The van der Waals surface area contributed by atoms with Crippen molar-refractivity contribution in [3.05, 3.63) is 52.9 Å². The molecule has 0 saturated carbocycles. The van der Waals surface area contributed by atoms with Crippen LogP contribution in [0.2, 0.25) is 0 Å². The molecule has 1 aromatic carbocycles. The molecule has 2 aromatic rings. The van der Waals surface area contributed by atoms with Gasteiger partial charge in [0.05, 0.1) is 12.1 Å². The number of aromatic amines is 1. The Morgan fingerprint density at radius 1 is 1.42 bits per heavy atom. The van der Waals surface area contributed by atoms with Crippen molar-refractivity contribution in [3.63, 3.8) is 0 Å². The summed E-state index contributed by atoms with van der Waals surface area (Å²) in [6, 6.07) is 6.57. The Morgan fingerprint density at radius 3 is 2.84 bits per heavy atom. The molecule has 2 rings (SSSR count). The predicted molar refractivity (Wildman–Crippen MR) is 68.5 cm³/mol. The lowest BCUT2D eigenvalue weighted by Gasteiger charge is -2.00. The molecule has 0 unspecified atom stereocenters. The number of H-pyrrole nitrogens is 1. The maximum atomic E-state index is 13.6. The molecule has 1 aromatic heterocycles. The molecule has 0 aliphatic rings. The number of hydrogen-bond donors (Lipinski definition) is 2. The third kappa shape index (κ3) is 3.40. The molecule has 0 aliphatic carbocycles. The van der Waals surface area contributed by atoms with Gasteiger partial charge in [-0.1, -0.05) is 18.2 Å². The topological polar surface area (TPSA) is 66.0 Å². The normalized spacial score (nSPS) is 10.6. The van der Waals surface area contributed by atoms with E-state index in [4.69, 9.17) is 5.11 Å². The smallest absolute Gasteiger partial charge is 0.303 e. The predicted octanol–water partition coefficient (Wildman–Crippen LogP) is 2.47. The summed E-state index contributed by atoms with van der Waals surface area (Å²) < 4.78 is 13.6. The summed E-state index contributed by atoms with van der Waals surface area (Å²) in [6.07, 6.45) is 0.793. The first-order valence-electron chi connectivity index (χ1n) is 6.06. The van der Waals surface area contributed by atoms with Crippen molar-refractivity contribution in [3.8, 4) is 0 Å². The molecule has 0 amide bonds. The number of halogens is 1. The van der Waals surface area contributed by atoms with Crippen LogP contribution in [-0.4, -0.2) is 21.0 Å². The molecule has 1 heterocycles. The average Bonchev–Trinajstić information content (AvgIpc) is 2.71. The molecule has 5 heteroatoms. The van der Waals surface area contributed by atoms with Gasteiger partial charge in [-0.3, -0.25) is 4.79 Å². The van der Waals surface area contributed by atoms with E-state index in [0.717, 1.165) is 11.4 Å². The molecule has 0 bridgehead atoms. The molecule has 2 N–H and O–H groups in total. The van der Waals surface area contributed by atoms with Crippen LogP contribution in [0.5, 0.6) is 0 Å². The molecule has 100 valence electrons. The third-order valence-electron chi connectivity index (χ3n) is 2.93. The Bertz CT molecular complexity index is 593. The zero-order valence-corrected chi connectivity index (χ0v) is 10.6. The van der Waals surface area contributed by atoms with Gasteiger partial charge in [0.2, 0.25) is 0 Å². The first-order chi connectivity index (χ1) is 9.06. The lowest BCUT2D eigenvalue weighted by molar-refractivity contribution is -0.137. The number of benzene rings is 1. The van der Waals surface area contributed by atoms with Crippen LogP contribution in [0.3, 0.4) is 0 Å². The van der Waals surface area contributed by atoms with E-state index in [1.54, 1.807) is 18.2 Å². The van der Waals surface area contributed by atoms with Crippen LogP contribution < -0.4 is 0 Å². The number of carboxylic acid groups (broad SMARTS) is 1. The molecule has 0 fully saturated rings. The minimum absolute atomic E-state index is 0.0338. The molecular weight excluding hydrogens is 247 g/mol. The number of nitrogens with zero attached hydrogens (tertiary/aromatic N) is 1. The molecule has 0 radical (unpaired) electrons. The van der Waals surface area contributed by atoms with Crippen molar-refractivity contribution in [2.75, 3.05) is 0 Å². The number of aryl methyl sites for hydroxylation is 2. The van der Waals surface area contributed by atoms with E-state index in [2.05, 4.69) is 9.97 Å². The maximum absolute atomic E-state index is 13.6. The summed E-state index contributed by atoms with van der Waals surface area (Å²) in [7, 11) is 0. The van der Waals surface area contributed by atoms with Gasteiger partial charge in [-0.05, 0) is 18.6 Å². The summed E-state index contributed by atoms with van der Waals surface area (Å²) in [4.78, 5) is 17.9. The van der Waals surface area contributed by atoms with E-state index in [1.807, 2.05) is 6.92 Å². The number of carboxylic acids is 1. The minimum Gasteiger partial charge on any atom is -0.481 e. The van der Waals surface area contributed by atoms with Gasteiger partial charge in [0.25, 0.3) is 0 Å². The molecule has 19 heavy (non-hydrogen) atoms. The highest BCUT2D eigenvalue weighted by atomic mass is 19.1. The van der Waals surface area contributed by atoms with Crippen LogP contribution in [0.4, 0.5) is 4.39 Å². The Hall–Kier alpha value is -2.17. The van der Waals surface area contributed by atoms with E-state index >= 15 is 0 Å². The fourth-order valence-electron chi connectivity index (χ4n) is 1.90. The van der Waals surface area contributed by atoms with Gasteiger partial charge in [-0.15, -0.1) is 0 Å². The SMILES string of the molecule is Cc1[nH]c(CCC(=O)O)nc1Cc1ccccc1F. The number of carbonyl (C=O) groups is 1. The number of aliphatic carboxylic acids is 1. The molecule has 0 spiro atoms. The minimum atomic E-state index is -0.857. The van der Waals surface area contributed by atoms with Crippen molar-refractivity contribution < 1.29 is 14.3 Å². The van der Waals surface area contributed by atoms with Crippen molar-refractivity contribution in [2.45, 2.75) is 26.2 Å². The van der Waals surface area contributed by atoms with E-state index in [-0.39, 0.29) is 12.2 Å². The fourth-order valence-corrected chi connectivity index (χ4v) is 1.90. The zero-order valence-electron chi connectivity index (χ0n) is 10.6. The van der Waals surface area contributed by atoms with E-state index in [0.29, 0.717) is 24.2 Å². The van der Waals surface area contributed by atoms with Gasteiger partial charge >= 0.3 is 5.97 Å². The number of nitrogens with one attached hydrogen (secondary N) is 1. The van der Waals surface area contributed by atoms with Gasteiger partial charge in [0.1, 0.15) is 11.6 Å². The first-order valence-corrected chi connectivity index (χ1v) is 6.06. The largest absolute Gasteiger partial charge is 0.481 e. The number of aromatic nitrogens is 2. The maximum Gasteiger partial charge on any atom is 0.303 e. The third-order valence-corrected chi connectivity index (χ3v) is 2.93. The van der Waals surface area contributed by atoms with Gasteiger partial charge in [-0.25, -0.2) is 9.37 Å². The van der Waals surface area contributed by atoms with Gasteiger partial charge in [-0.2, -0.15) is 0 Å². The average molecular weight is 262 g/mol. The van der Waals surface area contributed by atoms with Crippen molar-refractivity contribution >= 4 is 5.97 Å². The Morgan fingerprint density at radius 2 is 2.16 bits per heavy atom. The number of imidazole rings is 1. The molecule has 4 nitrogen and oxygen atoms in total. The summed E-state index contributed by atoms with van der Waals surface area (Å²) >= 11 is 0. The van der Waals surface area contributed by atoms with Crippen LogP contribution >= 0.6 is 0 Å². The summed E-state index contributed by atoms with van der Waals surface area (Å²) in [5.41, 5.74) is 2.19. The lowest BCUT2D eigenvalue weighted by Crippen LogP contribution is -1.99. The van der Waals surface area contributed by atoms with Crippen LogP contribution in [0.1, 0.15) is 29.2 Å². The van der Waals surface area contributed by atoms with E-state index in [9.17, 15) is 9.18 Å². The van der Waals surface area contributed by atoms with E-state index in [1.165, 1.54) is 6.07 Å². The molecule has 0 saturated heterocycles. The Labute approximate surface area is 110 Å². The van der Waals surface area contributed by atoms with Crippen molar-refractivity contribution in [1.82, 2.24) is 9.97 Å². The van der Waals surface area contributed by atoms with Crippen LogP contribution in [-0.2, 0) is 17.6 Å². The van der Waals surface area contributed by atoms with Crippen molar-refractivity contribution in [1.29, 1.82) is 0 Å². The van der Waals surface area contributed by atoms with Gasteiger partial charge < -0.3 is 10.1 Å². The second kappa shape index (κ2) is 5.65. The standard InChI is InChI=1S/C14H15FN2O2/c1-9-12(8-10-4-2-3-5-11(10)15)17-13(16-9)6-7-14(18)19/h2-5H,6-8H2,1H3,(H,16,17)(H,18,19). The van der Waals surface area contributed by atoms with Crippen LogP contribution in [0.25, 0.3) is 0 Å². The summed E-state index contributed by atoms with van der Waals surface area (Å²) in [5, 5.41) is 8.63. The molecule has 0 aliphatic heterocycles. The highest BCUT2D eigenvalue weighted by molar-refractivity contribution is 5.66. The second-order valence-corrected chi connectivity index (χ2v) is 4.42. The monoisotopic (exact) mass is 262 g/mol. The highest BCUT2D eigenvalue weighted by Crippen LogP contribution is 2.15. The molecular formula is C14H15FN2O2. The van der Waals surface area contributed by atoms with Crippen LogP contribution in [0, 0.1) is 12.7 Å². The summed E-state index contributed by atoms with van der Waals surface area (Å²) in [6.45, 7) is 1.85. The Balaban J connectivity index is 2.13. The quantitative estimate of drug-likeness (QED) is 0.869. The lowest BCUT2D eigenvalue weighted by atomic mass is 10.1. The van der Waals surface area contributed by atoms with Gasteiger partial charge in [0.15, 0.2) is 0 Å². The first kappa shape index (κ1) is 13.3. The van der Waals surface area contributed by atoms with Crippen LogP contribution in [0.15, 0.2) is 24.3 Å². The summed E-state index contributed by atoms with van der Waals surface area (Å²) in [5.74, 6) is -0.479. The molecule has 0 atom stereocenters. The highest BCUT2D eigenvalue weighted by Gasteiger charge is 2.10. The zero-order chi connectivity index (χ0) is 13.8. The Kier molecular flexibility index (Phi) is 3.94. The van der Waals surface area contributed by atoms with Crippen molar-refractivity contribution in [2.24, 2.45) is 0 Å². The number of rotatable bonds is 5. The second-order valence-electron chi connectivity index (χ2n) is 4.42.